The summed E-state index contributed by atoms with van der Waals surface area (Å²) in [6.07, 6.45) is 1.65. The Morgan fingerprint density at radius 2 is 1.83 bits per heavy atom. The smallest absolute Gasteiger partial charge is 0.249 e. The number of fused-ring (bicyclic) bond motifs is 1. The fourth-order valence-corrected chi connectivity index (χ4v) is 5.17. The molecule has 4 aromatic rings. The second-order valence-electron chi connectivity index (χ2n) is 9.97. The molecule has 3 aromatic carbocycles. The van der Waals surface area contributed by atoms with Gasteiger partial charge in [0.2, 0.25) is 11.8 Å². The molecule has 0 spiro atoms. The molecule has 11 heteroatoms. The molecule has 42 heavy (non-hydrogen) atoms. The van der Waals surface area contributed by atoms with Crippen LogP contribution in [0.5, 0.6) is 11.5 Å². The molecule has 1 aliphatic heterocycles. The van der Waals surface area contributed by atoms with Crippen LogP contribution in [0.3, 0.4) is 0 Å². The highest BCUT2D eigenvalue weighted by Crippen LogP contribution is 2.39. The van der Waals surface area contributed by atoms with E-state index in [2.05, 4.69) is 15.6 Å². The van der Waals surface area contributed by atoms with Crippen LogP contribution in [0, 0.1) is 0 Å². The van der Waals surface area contributed by atoms with Crippen molar-refractivity contribution in [2.24, 2.45) is 0 Å². The number of para-hydroxylation sites is 2. The SMILES string of the molecule is COc1cccc([C@@H](C(=O)NC[C@@H]2CCCO2)N(C(=O)Cn2nnc3ccccc32)c2ccc(C(C)=O)cc2)c1OC. The van der Waals surface area contributed by atoms with Crippen LogP contribution in [0.4, 0.5) is 5.69 Å². The lowest BCUT2D eigenvalue weighted by molar-refractivity contribution is -0.127. The third kappa shape index (κ3) is 5.96. The highest BCUT2D eigenvalue weighted by atomic mass is 16.5. The lowest BCUT2D eigenvalue weighted by Gasteiger charge is -2.33. The van der Waals surface area contributed by atoms with Crippen LogP contribution in [0.25, 0.3) is 11.0 Å². The Kier molecular flexibility index (Phi) is 8.77. The van der Waals surface area contributed by atoms with E-state index >= 15 is 0 Å². The molecule has 218 valence electrons. The normalized spacial score (nSPS) is 15.3. The molecule has 1 fully saturated rings. The van der Waals surface area contributed by atoms with Gasteiger partial charge in [0, 0.05) is 30.0 Å². The van der Waals surface area contributed by atoms with Gasteiger partial charge in [-0.1, -0.05) is 29.5 Å². The maximum Gasteiger partial charge on any atom is 0.249 e. The number of anilines is 1. The van der Waals surface area contributed by atoms with Gasteiger partial charge in [-0.05, 0) is 62.2 Å². The molecule has 0 aliphatic carbocycles. The number of amides is 2. The Hall–Kier alpha value is -4.77. The molecule has 1 N–H and O–H groups in total. The molecular formula is C31H33N5O6. The van der Waals surface area contributed by atoms with Crippen LogP contribution in [-0.4, -0.2) is 66.1 Å². The number of hydrogen-bond donors (Lipinski definition) is 1. The van der Waals surface area contributed by atoms with Gasteiger partial charge in [-0.3, -0.25) is 19.3 Å². The highest BCUT2D eigenvalue weighted by Gasteiger charge is 2.36. The van der Waals surface area contributed by atoms with Gasteiger partial charge >= 0.3 is 0 Å². The monoisotopic (exact) mass is 571 g/mol. The molecule has 0 radical (unpaired) electrons. The van der Waals surface area contributed by atoms with Gasteiger partial charge in [-0.15, -0.1) is 5.10 Å². The fourth-order valence-electron chi connectivity index (χ4n) is 5.17. The zero-order valence-corrected chi connectivity index (χ0v) is 23.8. The van der Waals surface area contributed by atoms with Crippen LogP contribution in [0.15, 0.2) is 66.7 Å². The molecule has 0 unspecified atom stereocenters. The molecule has 1 aliphatic rings. The van der Waals surface area contributed by atoms with E-state index in [-0.39, 0.29) is 18.4 Å². The number of nitrogens with zero attached hydrogens (tertiary/aromatic N) is 4. The predicted octanol–water partition coefficient (Wildman–Crippen LogP) is 3.72. The number of Topliss-reactive ketones (excluding diaryl/α,β-unsaturated/α-hetero) is 1. The van der Waals surface area contributed by atoms with E-state index in [1.165, 1.54) is 30.7 Å². The van der Waals surface area contributed by atoms with Crippen molar-refractivity contribution < 1.29 is 28.6 Å². The van der Waals surface area contributed by atoms with Crippen LogP contribution in [0.1, 0.15) is 41.7 Å². The minimum atomic E-state index is -1.16. The Morgan fingerprint density at radius 1 is 1.05 bits per heavy atom. The summed E-state index contributed by atoms with van der Waals surface area (Å²) in [5.41, 5.74) is 2.64. The first-order valence-electron chi connectivity index (χ1n) is 13.7. The third-order valence-corrected chi connectivity index (χ3v) is 7.29. The number of nitrogens with one attached hydrogen (secondary N) is 1. The van der Waals surface area contributed by atoms with Crippen LogP contribution in [0.2, 0.25) is 0 Å². The average Bonchev–Trinajstić information content (AvgIpc) is 3.68. The average molecular weight is 572 g/mol. The van der Waals surface area contributed by atoms with E-state index < -0.39 is 17.9 Å². The lowest BCUT2D eigenvalue weighted by atomic mass is 10.00. The van der Waals surface area contributed by atoms with Crippen LogP contribution in [-0.2, 0) is 20.9 Å². The lowest BCUT2D eigenvalue weighted by Crippen LogP contribution is -2.46. The topological polar surface area (TPSA) is 125 Å². The van der Waals surface area contributed by atoms with E-state index in [4.69, 9.17) is 14.2 Å². The Balaban J connectivity index is 1.61. The van der Waals surface area contributed by atoms with Gasteiger partial charge in [0.25, 0.3) is 0 Å². The first-order chi connectivity index (χ1) is 20.4. The Labute approximate surface area is 243 Å². The van der Waals surface area contributed by atoms with Crippen LogP contribution < -0.4 is 19.7 Å². The maximum atomic E-state index is 14.3. The van der Waals surface area contributed by atoms with Gasteiger partial charge in [-0.25, -0.2) is 4.68 Å². The molecule has 5 rings (SSSR count). The summed E-state index contributed by atoms with van der Waals surface area (Å²) in [5.74, 6) is -0.239. The number of carbonyl (C=O) groups excluding carboxylic acids is 3. The summed E-state index contributed by atoms with van der Waals surface area (Å²) >= 11 is 0. The second kappa shape index (κ2) is 12.8. The van der Waals surface area contributed by atoms with Gasteiger partial charge in [0.1, 0.15) is 18.1 Å². The van der Waals surface area contributed by atoms with E-state index in [0.717, 1.165) is 12.8 Å². The number of methoxy groups -OCH3 is 2. The molecule has 2 amide bonds. The van der Waals surface area contributed by atoms with Gasteiger partial charge < -0.3 is 19.5 Å². The molecule has 0 saturated carbocycles. The van der Waals surface area contributed by atoms with Crippen molar-refractivity contribution in [1.29, 1.82) is 0 Å². The molecule has 2 heterocycles. The Bertz CT molecular complexity index is 1580. The molecule has 2 atom stereocenters. The van der Waals surface area contributed by atoms with E-state index in [9.17, 15) is 14.4 Å². The summed E-state index contributed by atoms with van der Waals surface area (Å²) in [6, 6.07) is 17.9. The van der Waals surface area contributed by atoms with Crippen molar-refractivity contribution in [3.63, 3.8) is 0 Å². The molecule has 0 bridgehead atoms. The number of ether oxygens (including phenoxy) is 3. The first-order valence-corrected chi connectivity index (χ1v) is 13.7. The number of ketones is 1. The number of carbonyl (C=O) groups is 3. The minimum absolute atomic E-state index is 0.109. The zero-order chi connectivity index (χ0) is 29.6. The van der Waals surface area contributed by atoms with Crippen molar-refractivity contribution in [2.75, 3.05) is 32.3 Å². The summed E-state index contributed by atoms with van der Waals surface area (Å²) in [5, 5.41) is 11.4. The van der Waals surface area contributed by atoms with Gasteiger partial charge in [0.15, 0.2) is 17.3 Å². The summed E-state index contributed by atoms with van der Waals surface area (Å²) in [4.78, 5) is 41.9. The third-order valence-electron chi connectivity index (χ3n) is 7.29. The second-order valence-corrected chi connectivity index (χ2v) is 9.97. The van der Waals surface area contributed by atoms with E-state index in [1.54, 1.807) is 42.5 Å². The summed E-state index contributed by atoms with van der Waals surface area (Å²) < 4.78 is 18.5. The van der Waals surface area contributed by atoms with Gasteiger partial charge in [-0.2, -0.15) is 0 Å². The summed E-state index contributed by atoms with van der Waals surface area (Å²) in [7, 11) is 2.99. The predicted molar refractivity (Wildman–Crippen MR) is 156 cm³/mol. The van der Waals surface area contributed by atoms with Crippen LogP contribution >= 0.6 is 0 Å². The van der Waals surface area contributed by atoms with Crippen molar-refractivity contribution in [3.8, 4) is 11.5 Å². The number of rotatable bonds is 11. The van der Waals surface area contributed by atoms with Crippen molar-refractivity contribution in [2.45, 2.75) is 38.5 Å². The quantitative estimate of drug-likeness (QED) is 0.270. The van der Waals surface area contributed by atoms with Crippen molar-refractivity contribution in [3.05, 3.63) is 77.9 Å². The minimum Gasteiger partial charge on any atom is -0.493 e. The highest BCUT2D eigenvalue weighted by molar-refractivity contribution is 6.02. The van der Waals surface area contributed by atoms with Crippen molar-refractivity contribution in [1.82, 2.24) is 20.3 Å². The van der Waals surface area contributed by atoms with Gasteiger partial charge in [0.05, 0.1) is 25.8 Å². The molecule has 11 nitrogen and oxygen atoms in total. The molecular weight excluding hydrogens is 538 g/mol. The zero-order valence-electron chi connectivity index (χ0n) is 23.8. The van der Waals surface area contributed by atoms with E-state index in [1.807, 2.05) is 24.3 Å². The Morgan fingerprint density at radius 3 is 2.52 bits per heavy atom. The molecule has 1 saturated heterocycles. The molecule has 1 aromatic heterocycles. The maximum absolute atomic E-state index is 14.3. The number of benzene rings is 3. The number of hydrogen-bond acceptors (Lipinski definition) is 8. The largest absolute Gasteiger partial charge is 0.493 e. The van der Waals surface area contributed by atoms with Crippen molar-refractivity contribution >= 4 is 34.3 Å². The first kappa shape index (κ1) is 28.7. The van der Waals surface area contributed by atoms with E-state index in [0.29, 0.717) is 52.5 Å². The standard InChI is InChI=1S/C31H33N5O6/c1-20(37)21-13-15-22(16-14-21)36(28(38)19-35-26-11-5-4-10-25(26)33-34-35)29(31(39)32-18-23-8-7-17-42-23)24-9-6-12-27(40-2)30(24)41-3/h4-6,9-16,23,29H,7-8,17-19H2,1-3H3,(H,32,39)/t23-,29-/m0/s1. The fraction of sp³-hybridized carbons (Fsp3) is 0.323. The summed E-state index contributed by atoms with van der Waals surface area (Å²) in [6.45, 7) is 2.21. The number of aromatic nitrogens is 3.